The smallest absolute Gasteiger partial charge is 0.341 e. The summed E-state index contributed by atoms with van der Waals surface area (Å²) in [4.78, 5) is 60.7. The van der Waals surface area contributed by atoms with Crippen LogP contribution in [0.3, 0.4) is 0 Å². The summed E-state index contributed by atoms with van der Waals surface area (Å²) in [5.41, 5.74) is 2.98. The van der Waals surface area contributed by atoms with Crippen molar-refractivity contribution in [1.82, 2.24) is 0 Å². The summed E-state index contributed by atoms with van der Waals surface area (Å²) in [6.07, 6.45) is 2.16. The topological polar surface area (TPSA) is 119 Å². The van der Waals surface area contributed by atoms with Crippen molar-refractivity contribution in [2.24, 2.45) is 5.92 Å². The molecule has 0 bridgehead atoms. The zero-order valence-electron chi connectivity index (χ0n) is 22.0. The van der Waals surface area contributed by atoms with E-state index >= 15 is 0 Å². The summed E-state index contributed by atoms with van der Waals surface area (Å²) in [5, 5.41) is 13.4. The van der Waals surface area contributed by atoms with Crippen LogP contribution in [0.2, 0.25) is 0 Å². The summed E-state index contributed by atoms with van der Waals surface area (Å²) >= 11 is 1.29. The first-order chi connectivity index (χ1) is 19.3. The van der Waals surface area contributed by atoms with E-state index in [4.69, 9.17) is 9.57 Å². The highest BCUT2D eigenvalue weighted by Gasteiger charge is 2.61. The fraction of sp³-hybridized carbons (Fsp3) is 0.345. The predicted octanol–water partition coefficient (Wildman–Crippen LogP) is 5.07. The van der Waals surface area contributed by atoms with Crippen molar-refractivity contribution in [1.29, 1.82) is 0 Å². The molecule has 2 saturated heterocycles. The third-order valence-electron chi connectivity index (χ3n) is 7.73. The van der Waals surface area contributed by atoms with E-state index in [-0.39, 0.29) is 22.9 Å². The standard InChI is InChI=1S/C29H27N3O7S/c1-3-38-29(35)22-19-12-5-7-14-21(19)40-28(22)30-26(33)23-24(17-10-8-11-18(15-17)32(36)37)31(39-25(23)27(30)34)20-13-6-4-9-16(20)2/h4,6,8-11,13,15,23-25H,3,5,7,12,14H2,1-2H3. The monoisotopic (exact) mass is 561 g/mol. The summed E-state index contributed by atoms with van der Waals surface area (Å²) < 4.78 is 5.35. The highest BCUT2D eigenvalue weighted by Crippen LogP contribution is 2.51. The lowest BCUT2D eigenvalue weighted by Gasteiger charge is -2.29. The van der Waals surface area contributed by atoms with Crippen LogP contribution in [0.4, 0.5) is 16.4 Å². The van der Waals surface area contributed by atoms with E-state index in [1.807, 2.05) is 31.2 Å². The molecule has 2 aliphatic heterocycles. The number of imide groups is 1. The Kier molecular flexibility index (Phi) is 6.63. The van der Waals surface area contributed by atoms with Crippen LogP contribution >= 0.6 is 11.3 Å². The minimum Gasteiger partial charge on any atom is -0.462 e. The van der Waals surface area contributed by atoms with E-state index in [0.717, 1.165) is 40.2 Å². The number of amides is 2. The number of non-ortho nitro benzene ring substituents is 1. The van der Waals surface area contributed by atoms with Crippen LogP contribution in [-0.4, -0.2) is 35.4 Å². The normalized spacial score (nSPS) is 21.9. The van der Waals surface area contributed by atoms with Crippen molar-refractivity contribution in [2.45, 2.75) is 51.7 Å². The van der Waals surface area contributed by atoms with Crippen molar-refractivity contribution >= 4 is 45.5 Å². The van der Waals surface area contributed by atoms with Gasteiger partial charge in [-0.15, -0.1) is 11.3 Å². The van der Waals surface area contributed by atoms with Crippen LogP contribution in [0.1, 0.15) is 57.7 Å². The SMILES string of the molecule is CCOC(=O)c1c(N2C(=O)C3ON(c4ccccc4C)C(c4cccc([N+](=O)[O-])c4)C3C2=O)sc2c1CCCC2. The van der Waals surface area contributed by atoms with Gasteiger partial charge in [-0.2, -0.15) is 0 Å². The molecule has 206 valence electrons. The van der Waals surface area contributed by atoms with Gasteiger partial charge in [0.25, 0.3) is 11.6 Å². The lowest BCUT2D eigenvalue weighted by molar-refractivity contribution is -0.384. The molecule has 3 heterocycles. The number of nitro benzene ring substituents is 1. The molecule has 2 fully saturated rings. The number of fused-ring (bicyclic) bond motifs is 2. The van der Waals surface area contributed by atoms with Gasteiger partial charge in [-0.05, 0) is 62.3 Å². The summed E-state index contributed by atoms with van der Waals surface area (Å²) in [7, 11) is 0. The van der Waals surface area contributed by atoms with Gasteiger partial charge < -0.3 is 4.74 Å². The minimum atomic E-state index is -1.16. The summed E-state index contributed by atoms with van der Waals surface area (Å²) in [6, 6.07) is 12.6. The van der Waals surface area contributed by atoms with Gasteiger partial charge >= 0.3 is 5.97 Å². The van der Waals surface area contributed by atoms with Gasteiger partial charge in [0.2, 0.25) is 5.91 Å². The van der Waals surface area contributed by atoms with E-state index in [2.05, 4.69) is 0 Å². The highest BCUT2D eigenvalue weighted by molar-refractivity contribution is 7.17. The molecular weight excluding hydrogens is 534 g/mol. The second-order valence-corrected chi connectivity index (χ2v) is 11.2. The molecule has 11 heteroatoms. The molecule has 10 nitrogen and oxygen atoms in total. The molecule has 40 heavy (non-hydrogen) atoms. The predicted molar refractivity (Wildman–Crippen MR) is 147 cm³/mol. The Hall–Kier alpha value is -4.09. The number of hydrogen-bond donors (Lipinski definition) is 0. The molecule has 2 aromatic carbocycles. The van der Waals surface area contributed by atoms with Crippen LogP contribution in [0.25, 0.3) is 0 Å². The zero-order chi connectivity index (χ0) is 28.1. The molecule has 6 rings (SSSR count). The molecule has 0 saturated carbocycles. The maximum Gasteiger partial charge on any atom is 0.341 e. The van der Waals surface area contributed by atoms with Crippen molar-refractivity contribution in [2.75, 3.05) is 16.6 Å². The molecule has 0 radical (unpaired) electrons. The molecule has 0 spiro atoms. The first-order valence-corrected chi connectivity index (χ1v) is 14.1. The lowest BCUT2D eigenvalue weighted by atomic mass is 9.90. The van der Waals surface area contributed by atoms with Gasteiger partial charge in [-0.3, -0.25) is 24.5 Å². The van der Waals surface area contributed by atoms with Gasteiger partial charge in [0, 0.05) is 17.0 Å². The number of anilines is 2. The van der Waals surface area contributed by atoms with Crippen LogP contribution in [0.15, 0.2) is 48.5 Å². The number of hydrogen-bond acceptors (Lipinski definition) is 9. The number of aryl methyl sites for hydroxylation is 2. The van der Waals surface area contributed by atoms with Crippen molar-refractivity contribution < 1.29 is 28.9 Å². The number of thiophene rings is 1. The summed E-state index contributed by atoms with van der Waals surface area (Å²) in [6.45, 7) is 3.76. The number of nitro groups is 1. The maximum atomic E-state index is 14.2. The Labute approximate surface area is 234 Å². The van der Waals surface area contributed by atoms with Crippen LogP contribution in [0, 0.1) is 23.0 Å². The number of para-hydroxylation sites is 1. The Bertz CT molecular complexity index is 1550. The van der Waals surface area contributed by atoms with Crippen LogP contribution < -0.4 is 9.96 Å². The largest absolute Gasteiger partial charge is 0.462 e. The number of esters is 1. The number of nitrogens with zero attached hydrogens (tertiary/aromatic N) is 3. The van der Waals surface area contributed by atoms with Crippen molar-refractivity contribution in [3.05, 3.63) is 85.8 Å². The molecule has 0 N–H and O–H groups in total. The molecule has 3 aliphatic rings. The quantitative estimate of drug-likeness (QED) is 0.177. The number of carbonyl (C=O) groups excluding carboxylic acids is 3. The van der Waals surface area contributed by atoms with E-state index in [9.17, 15) is 24.5 Å². The number of ether oxygens (including phenoxy) is 1. The number of rotatable bonds is 6. The Morgan fingerprint density at radius 3 is 2.65 bits per heavy atom. The van der Waals surface area contributed by atoms with E-state index in [1.54, 1.807) is 19.1 Å². The van der Waals surface area contributed by atoms with E-state index in [0.29, 0.717) is 17.7 Å². The molecule has 1 aromatic heterocycles. The van der Waals surface area contributed by atoms with Crippen LogP contribution in [-0.2, 0) is 32.0 Å². The Morgan fingerprint density at radius 2 is 1.90 bits per heavy atom. The molecular formula is C29H27N3O7S. The van der Waals surface area contributed by atoms with Gasteiger partial charge in [0.1, 0.15) is 10.9 Å². The van der Waals surface area contributed by atoms with Gasteiger partial charge in [-0.1, -0.05) is 30.3 Å². The molecule has 3 aromatic rings. The third kappa shape index (κ3) is 4.08. The molecule has 1 aliphatic carbocycles. The average Bonchev–Trinajstić information content (AvgIpc) is 3.59. The fourth-order valence-electron chi connectivity index (χ4n) is 5.92. The first kappa shape index (κ1) is 26.1. The Balaban J connectivity index is 1.47. The van der Waals surface area contributed by atoms with E-state index in [1.165, 1.54) is 28.5 Å². The Morgan fingerprint density at radius 1 is 1.12 bits per heavy atom. The molecule has 3 unspecified atom stereocenters. The first-order valence-electron chi connectivity index (χ1n) is 13.3. The average molecular weight is 562 g/mol. The van der Waals surface area contributed by atoms with Crippen LogP contribution in [0.5, 0.6) is 0 Å². The highest BCUT2D eigenvalue weighted by atomic mass is 32.1. The van der Waals surface area contributed by atoms with Crippen molar-refractivity contribution in [3.8, 4) is 0 Å². The van der Waals surface area contributed by atoms with Gasteiger partial charge in [-0.25, -0.2) is 14.8 Å². The lowest BCUT2D eigenvalue weighted by Crippen LogP contribution is -2.38. The third-order valence-corrected chi connectivity index (χ3v) is 9.00. The zero-order valence-corrected chi connectivity index (χ0v) is 22.8. The summed E-state index contributed by atoms with van der Waals surface area (Å²) in [5.74, 6) is -2.60. The number of carbonyl (C=O) groups is 3. The second-order valence-electron chi connectivity index (χ2n) is 10.1. The van der Waals surface area contributed by atoms with E-state index < -0.39 is 40.8 Å². The second kappa shape index (κ2) is 10.1. The van der Waals surface area contributed by atoms with Gasteiger partial charge in [0.15, 0.2) is 6.10 Å². The fourth-order valence-corrected chi connectivity index (χ4v) is 7.31. The molecule has 2 amide bonds. The maximum absolute atomic E-state index is 14.2. The van der Waals surface area contributed by atoms with Gasteiger partial charge in [0.05, 0.1) is 28.8 Å². The van der Waals surface area contributed by atoms with Crippen molar-refractivity contribution in [3.63, 3.8) is 0 Å². The minimum absolute atomic E-state index is 0.130. The number of hydroxylamine groups is 1. The number of benzene rings is 2. The molecule has 3 atom stereocenters.